The second-order valence-corrected chi connectivity index (χ2v) is 16.7. The highest BCUT2D eigenvalue weighted by Crippen LogP contribution is 2.52. The average molecular weight is 817 g/mol. The molecule has 5 aromatic rings. The van der Waals surface area contributed by atoms with Crippen LogP contribution >= 0.6 is 7.60 Å². The van der Waals surface area contributed by atoms with Crippen molar-refractivity contribution in [1.82, 2.24) is 0 Å². The largest absolute Gasteiger partial charge is 0.497 e. The zero-order valence-corrected chi connectivity index (χ0v) is 33.6. The predicted octanol–water partition coefficient (Wildman–Crippen LogP) is 8.21. The Bertz CT molecular complexity index is 2130. The van der Waals surface area contributed by atoms with Gasteiger partial charge in [0.1, 0.15) is 24.7 Å². The highest BCUT2D eigenvalue weighted by atomic mass is 32.2. The van der Waals surface area contributed by atoms with Gasteiger partial charge in [0, 0.05) is 0 Å². The summed E-state index contributed by atoms with van der Waals surface area (Å²) in [6.07, 6.45) is -3.10. The fraction of sp³-hybridized carbons (Fsp3) is 0.256. The summed E-state index contributed by atoms with van der Waals surface area (Å²) in [4.78, 5) is 27.7. The summed E-state index contributed by atoms with van der Waals surface area (Å²) in [7, 11) is -5.78. The summed E-state index contributed by atoms with van der Waals surface area (Å²) in [5.74, 6) is -2.26. The van der Waals surface area contributed by atoms with Crippen LogP contribution in [0.1, 0.15) is 34.2 Å². The molecular formula is C43H45O12PS. The van der Waals surface area contributed by atoms with E-state index in [1.54, 1.807) is 116 Å². The third-order valence-electron chi connectivity index (χ3n) is 8.71. The van der Waals surface area contributed by atoms with E-state index in [0.717, 1.165) is 5.56 Å². The minimum Gasteiger partial charge on any atom is -0.497 e. The number of hydrogen-bond acceptors (Lipinski definition) is 12. The van der Waals surface area contributed by atoms with Crippen molar-refractivity contribution >= 4 is 29.7 Å². The van der Waals surface area contributed by atoms with E-state index < -0.39 is 54.3 Å². The molecule has 2 atom stereocenters. The highest BCUT2D eigenvalue weighted by molar-refractivity contribution is 7.86. The molecule has 0 heterocycles. The van der Waals surface area contributed by atoms with Crippen molar-refractivity contribution in [3.63, 3.8) is 0 Å². The van der Waals surface area contributed by atoms with Crippen LogP contribution in [0.25, 0.3) is 0 Å². The first-order valence-corrected chi connectivity index (χ1v) is 21.1. The van der Waals surface area contributed by atoms with Crippen molar-refractivity contribution in [2.75, 3.05) is 20.4 Å². The molecule has 0 amide bonds. The Morgan fingerprint density at radius 2 is 1.02 bits per heavy atom. The van der Waals surface area contributed by atoms with Gasteiger partial charge in [-0.1, -0.05) is 103 Å². The number of rotatable bonds is 21. The second-order valence-electron chi connectivity index (χ2n) is 13.0. The van der Waals surface area contributed by atoms with Crippen LogP contribution in [-0.4, -0.2) is 46.8 Å². The Morgan fingerprint density at radius 3 is 1.47 bits per heavy atom. The summed E-state index contributed by atoms with van der Waals surface area (Å²) in [5, 5.41) is 0. The number of carbonyl (C=O) groups excluding carboxylic acids is 2. The molecule has 0 aliphatic rings. The lowest BCUT2D eigenvalue weighted by Gasteiger charge is -2.26. The van der Waals surface area contributed by atoms with Crippen LogP contribution in [0, 0.1) is 12.8 Å². The van der Waals surface area contributed by atoms with E-state index in [2.05, 4.69) is 0 Å². The maximum absolute atomic E-state index is 14.7. The Labute approximate surface area is 333 Å². The van der Waals surface area contributed by atoms with Gasteiger partial charge in [0.25, 0.3) is 10.1 Å². The lowest BCUT2D eigenvalue weighted by molar-refractivity contribution is -0.156. The first-order valence-electron chi connectivity index (χ1n) is 18.0. The maximum atomic E-state index is 14.7. The lowest BCUT2D eigenvalue weighted by Crippen LogP contribution is -2.35. The molecule has 0 saturated heterocycles. The van der Waals surface area contributed by atoms with E-state index in [4.69, 9.17) is 32.2 Å². The van der Waals surface area contributed by atoms with Crippen LogP contribution in [0.4, 0.5) is 0 Å². The van der Waals surface area contributed by atoms with Gasteiger partial charge >= 0.3 is 19.5 Å². The molecule has 5 rings (SSSR count). The van der Waals surface area contributed by atoms with E-state index in [1.165, 1.54) is 26.4 Å². The molecule has 0 N–H and O–H groups in total. The molecule has 0 radical (unpaired) electrons. The van der Waals surface area contributed by atoms with Crippen LogP contribution in [-0.2, 0) is 73.4 Å². The summed E-state index contributed by atoms with van der Waals surface area (Å²) < 4.78 is 81.3. The molecule has 12 nitrogen and oxygen atoms in total. The fourth-order valence-corrected chi connectivity index (χ4v) is 8.32. The van der Waals surface area contributed by atoms with Gasteiger partial charge in [0.05, 0.1) is 44.4 Å². The first kappa shape index (κ1) is 42.8. The zero-order valence-electron chi connectivity index (χ0n) is 31.9. The van der Waals surface area contributed by atoms with E-state index in [-0.39, 0.29) is 31.3 Å². The summed E-state index contributed by atoms with van der Waals surface area (Å²) >= 11 is 0. The number of ether oxygens (including phenoxy) is 4. The number of benzene rings is 5. The minimum atomic E-state index is -4.60. The van der Waals surface area contributed by atoms with Gasteiger partial charge in [-0.2, -0.15) is 8.42 Å². The molecule has 0 spiro atoms. The topological polar surface area (TPSA) is 150 Å². The van der Waals surface area contributed by atoms with Crippen LogP contribution in [0.15, 0.2) is 138 Å². The van der Waals surface area contributed by atoms with Gasteiger partial charge in [-0.25, -0.2) is 4.79 Å². The first-order chi connectivity index (χ1) is 27.4. The monoisotopic (exact) mass is 816 g/mol. The van der Waals surface area contributed by atoms with Crippen molar-refractivity contribution in [2.45, 2.75) is 50.8 Å². The maximum Gasteiger partial charge on any atom is 0.337 e. The van der Waals surface area contributed by atoms with Crippen molar-refractivity contribution in [2.24, 2.45) is 5.92 Å². The molecule has 5 aromatic carbocycles. The smallest absolute Gasteiger partial charge is 0.337 e. The molecule has 0 saturated carbocycles. The SMILES string of the molecule is COc1ccc(COC(=O)C(CC(OS(=O)(=O)c2ccc(C)cc2)C(=O)OCc2ccc(OC)cc2)CP(=O)(OCc2ccccc2)OCc2ccccc2)cc1. The van der Waals surface area contributed by atoms with Gasteiger partial charge in [-0.05, 0) is 72.0 Å². The van der Waals surface area contributed by atoms with Crippen molar-refractivity contribution in [3.05, 3.63) is 161 Å². The standard InChI is InChI=1S/C43H45O12PS/c1-32-14-24-40(25-15-32)57(47,48)55-41(43(45)52-28-36-18-22-39(50-3)23-19-36)26-37(42(44)51-27-35-16-20-38(49-2)21-17-35)31-56(46,53-29-33-10-6-4-7-11-33)54-30-34-12-8-5-9-13-34/h4-25,37,41H,26-31H2,1-3H3. The van der Waals surface area contributed by atoms with Crippen molar-refractivity contribution < 1.29 is 54.7 Å². The van der Waals surface area contributed by atoms with E-state index >= 15 is 0 Å². The Hall–Kier alpha value is -5.30. The Morgan fingerprint density at radius 1 is 0.579 bits per heavy atom. The number of aryl methyl sites for hydroxylation is 1. The summed E-state index contributed by atoms with van der Waals surface area (Å²) in [6.45, 7) is 1.07. The average Bonchev–Trinajstić information content (AvgIpc) is 3.24. The number of esters is 2. The molecule has 0 fully saturated rings. The number of methoxy groups -OCH3 is 2. The van der Waals surface area contributed by atoms with E-state index in [1.807, 2.05) is 12.1 Å². The van der Waals surface area contributed by atoms with Gasteiger partial charge in [0.15, 0.2) is 6.10 Å². The third kappa shape index (κ3) is 13.4. The Balaban J connectivity index is 1.47. The minimum absolute atomic E-state index is 0.133. The van der Waals surface area contributed by atoms with Crippen molar-refractivity contribution in [1.29, 1.82) is 0 Å². The molecule has 0 aliphatic carbocycles. The molecule has 2 unspecified atom stereocenters. The van der Waals surface area contributed by atoms with Crippen LogP contribution in [0.5, 0.6) is 11.5 Å². The molecule has 0 aliphatic heterocycles. The van der Waals surface area contributed by atoms with Gasteiger partial charge in [-0.15, -0.1) is 0 Å². The summed E-state index contributed by atoms with van der Waals surface area (Å²) in [5.41, 5.74) is 3.36. The molecule has 0 aromatic heterocycles. The molecule has 57 heavy (non-hydrogen) atoms. The van der Waals surface area contributed by atoms with Gasteiger partial charge in [-0.3, -0.25) is 13.5 Å². The third-order valence-corrected chi connectivity index (χ3v) is 12.0. The van der Waals surface area contributed by atoms with Gasteiger partial charge < -0.3 is 28.0 Å². The lowest BCUT2D eigenvalue weighted by atomic mass is 10.0. The second kappa shape index (κ2) is 20.7. The molecule has 14 heteroatoms. The Kier molecular flexibility index (Phi) is 15.6. The number of carbonyl (C=O) groups is 2. The summed E-state index contributed by atoms with van der Waals surface area (Å²) in [6, 6.07) is 37.3. The predicted molar refractivity (Wildman–Crippen MR) is 212 cm³/mol. The normalized spacial score (nSPS) is 12.6. The fourth-order valence-electron chi connectivity index (χ4n) is 5.46. The molecule has 300 valence electrons. The quantitative estimate of drug-likeness (QED) is 0.0399. The van der Waals surface area contributed by atoms with Crippen LogP contribution < -0.4 is 9.47 Å². The van der Waals surface area contributed by atoms with E-state index in [0.29, 0.717) is 33.8 Å². The highest BCUT2D eigenvalue weighted by Gasteiger charge is 2.40. The number of hydrogen-bond donors (Lipinski definition) is 0. The molecule has 0 bridgehead atoms. The van der Waals surface area contributed by atoms with Crippen LogP contribution in [0.3, 0.4) is 0 Å². The van der Waals surface area contributed by atoms with Crippen LogP contribution in [0.2, 0.25) is 0 Å². The zero-order chi connectivity index (χ0) is 40.7. The molecular weight excluding hydrogens is 772 g/mol. The van der Waals surface area contributed by atoms with Gasteiger partial charge in [0.2, 0.25) is 0 Å². The van der Waals surface area contributed by atoms with E-state index in [9.17, 15) is 22.6 Å². The van der Waals surface area contributed by atoms with Crippen molar-refractivity contribution in [3.8, 4) is 11.5 Å².